The molecule has 1 N–H and O–H groups in total. The predicted octanol–water partition coefficient (Wildman–Crippen LogP) is 4.67. The average molecular weight is 281 g/mol. The van der Waals surface area contributed by atoms with Gasteiger partial charge in [0, 0.05) is 12.0 Å². The Balaban J connectivity index is 1.60. The average Bonchev–Trinajstić information content (AvgIpc) is 3.08. The van der Waals surface area contributed by atoms with E-state index in [9.17, 15) is 0 Å². The van der Waals surface area contributed by atoms with Crippen molar-refractivity contribution in [3.05, 3.63) is 0 Å². The molecular formula is C18H35NO. The van der Waals surface area contributed by atoms with E-state index in [0.29, 0.717) is 18.2 Å². The summed E-state index contributed by atoms with van der Waals surface area (Å²) in [6.07, 6.45) is 16.4. The van der Waals surface area contributed by atoms with Crippen LogP contribution in [0.2, 0.25) is 0 Å². The van der Waals surface area contributed by atoms with Crippen molar-refractivity contribution in [1.29, 1.82) is 0 Å². The Morgan fingerprint density at radius 1 is 1.00 bits per heavy atom. The van der Waals surface area contributed by atoms with Gasteiger partial charge in [0.1, 0.15) is 0 Å². The van der Waals surface area contributed by atoms with E-state index < -0.39 is 0 Å². The van der Waals surface area contributed by atoms with Crippen LogP contribution in [0.25, 0.3) is 0 Å². The van der Waals surface area contributed by atoms with Crippen LogP contribution in [-0.4, -0.2) is 24.8 Å². The summed E-state index contributed by atoms with van der Waals surface area (Å²) < 4.78 is 6.04. The maximum Gasteiger partial charge on any atom is 0.0623 e. The van der Waals surface area contributed by atoms with Crippen LogP contribution in [0.3, 0.4) is 0 Å². The summed E-state index contributed by atoms with van der Waals surface area (Å²) >= 11 is 0. The van der Waals surface area contributed by atoms with Crippen LogP contribution < -0.4 is 5.32 Å². The Labute approximate surface area is 126 Å². The molecule has 0 aromatic carbocycles. The van der Waals surface area contributed by atoms with Gasteiger partial charge in [0.15, 0.2) is 0 Å². The highest BCUT2D eigenvalue weighted by molar-refractivity contribution is 4.95. The minimum absolute atomic E-state index is 0.577. The molecule has 0 amide bonds. The van der Waals surface area contributed by atoms with Gasteiger partial charge in [0.05, 0.1) is 12.2 Å². The monoisotopic (exact) mass is 281 g/mol. The molecule has 0 aromatic heterocycles. The van der Waals surface area contributed by atoms with E-state index in [2.05, 4.69) is 19.2 Å². The van der Waals surface area contributed by atoms with Crippen LogP contribution in [0.1, 0.15) is 84.5 Å². The van der Waals surface area contributed by atoms with Crippen molar-refractivity contribution in [2.24, 2.45) is 5.92 Å². The Hall–Kier alpha value is -0.0800. The number of fused-ring (bicyclic) bond motifs is 2. The number of ether oxygens (including phenoxy) is 1. The van der Waals surface area contributed by atoms with E-state index in [0.717, 1.165) is 12.5 Å². The predicted molar refractivity (Wildman–Crippen MR) is 86.1 cm³/mol. The molecule has 0 aromatic rings. The lowest BCUT2D eigenvalue weighted by molar-refractivity contribution is 0.0848. The summed E-state index contributed by atoms with van der Waals surface area (Å²) in [6, 6.07) is 0.714. The fourth-order valence-electron chi connectivity index (χ4n) is 4.15. The zero-order valence-electron chi connectivity index (χ0n) is 13.7. The lowest BCUT2D eigenvalue weighted by Crippen LogP contribution is -2.40. The third-order valence-corrected chi connectivity index (χ3v) is 5.25. The van der Waals surface area contributed by atoms with Crippen molar-refractivity contribution in [2.75, 3.05) is 6.54 Å². The summed E-state index contributed by atoms with van der Waals surface area (Å²) in [5, 5.41) is 3.74. The molecule has 0 spiro atoms. The molecule has 0 aliphatic carbocycles. The summed E-state index contributed by atoms with van der Waals surface area (Å²) in [4.78, 5) is 0. The summed E-state index contributed by atoms with van der Waals surface area (Å²) in [6.45, 7) is 5.64. The highest BCUT2D eigenvalue weighted by Crippen LogP contribution is 2.41. The molecule has 2 bridgehead atoms. The first-order valence-corrected chi connectivity index (χ1v) is 9.24. The van der Waals surface area contributed by atoms with Crippen LogP contribution in [0.5, 0.6) is 0 Å². The topological polar surface area (TPSA) is 21.3 Å². The van der Waals surface area contributed by atoms with Gasteiger partial charge >= 0.3 is 0 Å². The van der Waals surface area contributed by atoms with Gasteiger partial charge in [-0.2, -0.15) is 0 Å². The zero-order chi connectivity index (χ0) is 14.2. The van der Waals surface area contributed by atoms with Crippen molar-refractivity contribution in [2.45, 2.75) is 103 Å². The highest BCUT2D eigenvalue weighted by atomic mass is 16.5. The second-order valence-electron chi connectivity index (χ2n) is 6.85. The Morgan fingerprint density at radius 3 is 2.35 bits per heavy atom. The second kappa shape index (κ2) is 9.04. The smallest absolute Gasteiger partial charge is 0.0623 e. The quantitative estimate of drug-likeness (QED) is 0.556. The number of nitrogens with one attached hydrogen (secondary N) is 1. The third kappa shape index (κ3) is 4.73. The maximum absolute atomic E-state index is 6.04. The van der Waals surface area contributed by atoms with Crippen molar-refractivity contribution in [3.8, 4) is 0 Å². The van der Waals surface area contributed by atoms with E-state index in [4.69, 9.17) is 4.74 Å². The van der Waals surface area contributed by atoms with Gasteiger partial charge in [-0.1, -0.05) is 58.8 Å². The van der Waals surface area contributed by atoms with Gasteiger partial charge < -0.3 is 10.1 Å². The zero-order valence-corrected chi connectivity index (χ0v) is 13.7. The first-order chi connectivity index (χ1) is 9.85. The lowest BCUT2D eigenvalue weighted by atomic mass is 9.82. The van der Waals surface area contributed by atoms with Gasteiger partial charge in [-0.25, -0.2) is 0 Å². The van der Waals surface area contributed by atoms with E-state index >= 15 is 0 Å². The van der Waals surface area contributed by atoms with Gasteiger partial charge in [0.25, 0.3) is 0 Å². The molecule has 2 nitrogen and oxygen atoms in total. The SMILES string of the molecule is CCCCCCCCCC(NCC)C1CC2CCC1O2. The van der Waals surface area contributed by atoms with Crippen molar-refractivity contribution >= 4 is 0 Å². The molecule has 2 aliphatic rings. The molecule has 4 unspecified atom stereocenters. The fourth-order valence-corrected chi connectivity index (χ4v) is 4.15. The first-order valence-electron chi connectivity index (χ1n) is 9.24. The standard InChI is InChI=1S/C18H35NO/c1-3-5-6-7-8-9-10-11-17(19-4-2)16-14-15-12-13-18(16)20-15/h15-19H,3-14H2,1-2H3. The Kier molecular flexibility index (Phi) is 7.37. The van der Waals surface area contributed by atoms with E-state index in [-0.39, 0.29) is 0 Å². The maximum atomic E-state index is 6.04. The Bertz CT molecular complexity index is 256. The van der Waals surface area contributed by atoms with E-state index in [1.165, 1.54) is 70.6 Å². The molecule has 2 saturated heterocycles. The summed E-state index contributed by atoms with van der Waals surface area (Å²) in [5.74, 6) is 0.800. The molecule has 2 heterocycles. The molecular weight excluding hydrogens is 246 g/mol. The van der Waals surface area contributed by atoms with Crippen molar-refractivity contribution in [1.82, 2.24) is 5.32 Å². The fraction of sp³-hybridized carbons (Fsp3) is 1.00. The van der Waals surface area contributed by atoms with Crippen LogP contribution in [0, 0.1) is 5.92 Å². The van der Waals surface area contributed by atoms with E-state index in [1.807, 2.05) is 0 Å². The highest BCUT2D eigenvalue weighted by Gasteiger charge is 2.43. The largest absolute Gasteiger partial charge is 0.375 e. The van der Waals surface area contributed by atoms with Crippen LogP contribution >= 0.6 is 0 Å². The molecule has 0 saturated carbocycles. The minimum Gasteiger partial charge on any atom is -0.375 e. The molecule has 0 radical (unpaired) electrons. The number of hydrogen-bond donors (Lipinski definition) is 1. The molecule has 2 aliphatic heterocycles. The second-order valence-corrected chi connectivity index (χ2v) is 6.85. The molecule has 2 heteroatoms. The molecule has 118 valence electrons. The van der Waals surface area contributed by atoms with Gasteiger partial charge in [-0.15, -0.1) is 0 Å². The van der Waals surface area contributed by atoms with Gasteiger partial charge in [0.2, 0.25) is 0 Å². The van der Waals surface area contributed by atoms with Crippen molar-refractivity contribution in [3.63, 3.8) is 0 Å². The van der Waals surface area contributed by atoms with Gasteiger partial charge in [-0.3, -0.25) is 0 Å². The normalized spacial score (nSPS) is 30.0. The third-order valence-electron chi connectivity index (χ3n) is 5.25. The lowest BCUT2D eigenvalue weighted by Gasteiger charge is -2.29. The summed E-state index contributed by atoms with van der Waals surface area (Å²) in [7, 11) is 0. The molecule has 2 rings (SSSR count). The Morgan fingerprint density at radius 2 is 1.75 bits per heavy atom. The number of unbranched alkanes of at least 4 members (excludes halogenated alkanes) is 6. The minimum atomic E-state index is 0.577. The number of rotatable bonds is 11. The van der Waals surface area contributed by atoms with Crippen LogP contribution in [0.15, 0.2) is 0 Å². The molecule has 2 fully saturated rings. The van der Waals surface area contributed by atoms with E-state index in [1.54, 1.807) is 0 Å². The van der Waals surface area contributed by atoms with Gasteiger partial charge in [-0.05, 0) is 32.2 Å². The molecule has 4 atom stereocenters. The number of hydrogen-bond acceptors (Lipinski definition) is 2. The van der Waals surface area contributed by atoms with Crippen molar-refractivity contribution < 1.29 is 4.74 Å². The molecule has 20 heavy (non-hydrogen) atoms. The van der Waals surface area contributed by atoms with Crippen LogP contribution in [0.4, 0.5) is 0 Å². The first kappa shape index (κ1) is 16.3. The summed E-state index contributed by atoms with van der Waals surface area (Å²) in [5.41, 5.74) is 0. The van der Waals surface area contributed by atoms with Crippen LogP contribution in [-0.2, 0) is 4.74 Å².